The number of aromatic nitrogens is 3. The predicted molar refractivity (Wildman–Crippen MR) is 95.4 cm³/mol. The molecule has 2 heterocycles. The first-order valence-corrected chi connectivity index (χ1v) is 8.31. The molecule has 0 radical (unpaired) electrons. The van der Waals surface area contributed by atoms with Gasteiger partial charge in [0.2, 0.25) is 17.6 Å². The Morgan fingerprint density at radius 1 is 1.19 bits per heavy atom. The van der Waals surface area contributed by atoms with Crippen LogP contribution in [0.15, 0.2) is 47.2 Å². The van der Waals surface area contributed by atoms with Gasteiger partial charge in [0.1, 0.15) is 5.75 Å². The van der Waals surface area contributed by atoms with E-state index in [-0.39, 0.29) is 18.9 Å². The van der Waals surface area contributed by atoms with Crippen LogP contribution >= 0.6 is 0 Å². The van der Waals surface area contributed by atoms with Gasteiger partial charge in [-0.3, -0.25) is 9.78 Å². The highest BCUT2D eigenvalue weighted by molar-refractivity contribution is 5.75. The van der Waals surface area contributed by atoms with E-state index in [9.17, 15) is 4.79 Å². The smallest absolute Gasteiger partial charge is 0.246 e. The molecule has 0 saturated carbocycles. The Balaban J connectivity index is 1.44. The monoisotopic (exact) mass is 352 g/mol. The fourth-order valence-corrected chi connectivity index (χ4v) is 2.32. The van der Waals surface area contributed by atoms with Gasteiger partial charge in [0.25, 0.3) is 0 Å². The number of hydrogen-bond donors (Lipinski definition) is 1. The van der Waals surface area contributed by atoms with Crippen LogP contribution in [0.3, 0.4) is 0 Å². The molecule has 7 heteroatoms. The molecule has 1 aromatic carbocycles. The van der Waals surface area contributed by atoms with E-state index in [2.05, 4.69) is 20.4 Å². The number of nitrogens with one attached hydrogen (secondary N) is 1. The summed E-state index contributed by atoms with van der Waals surface area (Å²) in [7, 11) is 0. The van der Waals surface area contributed by atoms with Crippen LogP contribution in [0.4, 0.5) is 0 Å². The van der Waals surface area contributed by atoms with Gasteiger partial charge in [0, 0.05) is 18.0 Å². The summed E-state index contributed by atoms with van der Waals surface area (Å²) in [5.41, 5.74) is 2.98. The summed E-state index contributed by atoms with van der Waals surface area (Å²) < 4.78 is 10.8. The molecule has 0 aliphatic heterocycles. The van der Waals surface area contributed by atoms with E-state index in [1.807, 2.05) is 32.0 Å². The molecule has 0 aliphatic rings. The second-order valence-electron chi connectivity index (χ2n) is 5.89. The van der Waals surface area contributed by atoms with Crippen molar-refractivity contribution < 1.29 is 14.1 Å². The third-order valence-electron chi connectivity index (χ3n) is 3.77. The number of amides is 1. The number of benzene rings is 1. The zero-order valence-electron chi connectivity index (χ0n) is 14.7. The highest BCUT2D eigenvalue weighted by Gasteiger charge is 2.10. The van der Waals surface area contributed by atoms with Crippen molar-refractivity contribution in [3.63, 3.8) is 0 Å². The highest BCUT2D eigenvalue weighted by Crippen LogP contribution is 2.19. The van der Waals surface area contributed by atoms with E-state index in [0.29, 0.717) is 18.3 Å². The first kappa shape index (κ1) is 17.6. The van der Waals surface area contributed by atoms with Crippen molar-refractivity contribution in [2.75, 3.05) is 6.61 Å². The minimum atomic E-state index is -0.140. The zero-order chi connectivity index (χ0) is 18.4. The molecule has 0 bridgehead atoms. The molecule has 0 saturated heterocycles. The molecule has 0 spiro atoms. The average Bonchev–Trinajstić information content (AvgIpc) is 3.13. The van der Waals surface area contributed by atoms with Gasteiger partial charge in [-0.1, -0.05) is 17.3 Å². The van der Waals surface area contributed by atoms with Gasteiger partial charge in [-0.25, -0.2) is 0 Å². The minimum Gasteiger partial charge on any atom is -0.493 e. The molecular weight excluding hydrogens is 332 g/mol. The van der Waals surface area contributed by atoms with Gasteiger partial charge < -0.3 is 14.6 Å². The SMILES string of the molecule is Cc1ccc(C)c(OCCC(=O)NCc2nc(-c3ccncc3)no2)c1. The van der Waals surface area contributed by atoms with Crippen LogP contribution in [-0.4, -0.2) is 27.6 Å². The van der Waals surface area contributed by atoms with Crippen molar-refractivity contribution in [3.05, 3.63) is 59.7 Å². The first-order valence-electron chi connectivity index (χ1n) is 8.31. The van der Waals surface area contributed by atoms with E-state index in [1.54, 1.807) is 24.5 Å². The molecule has 0 fully saturated rings. The quantitative estimate of drug-likeness (QED) is 0.703. The van der Waals surface area contributed by atoms with Crippen LogP contribution in [0, 0.1) is 13.8 Å². The summed E-state index contributed by atoms with van der Waals surface area (Å²) in [4.78, 5) is 20.1. The maximum Gasteiger partial charge on any atom is 0.246 e. The average molecular weight is 352 g/mol. The summed E-state index contributed by atoms with van der Waals surface area (Å²) in [5, 5.41) is 6.64. The van der Waals surface area contributed by atoms with E-state index in [0.717, 1.165) is 22.4 Å². The number of ether oxygens (including phenoxy) is 1. The predicted octanol–water partition coefficient (Wildman–Crippen LogP) is 2.83. The molecule has 0 unspecified atom stereocenters. The fraction of sp³-hybridized carbons (Fsp3) is 0.263. The second kappa shape index (κ2) is 8.24. The lowest BCUT2D eigenvalue weighted by Crippen LogP contribution is -2.24. The van der Waals surface area contributed by atoms with Crippen LogP contribution in [-0.2, 0) is 11.3 Å². The molecule has 2 aromatic heterocycles. The van der Waals surface area contributed by atoms with Crippen molar-refractivity contribution in [2.45, 2.75) is 26.8 Å². The van der Waals surface area contributed by atoms with Crippen LogP contribution in [0.2, 0.25) is 0 Å². The van der Waals surface area contributed by atoms with Crippen LogP contribution in [0.25, 0.3) is 11.4 Å². The van der Waals surface area contributed by atoms with Crippen LogP contribution in [0.5, 0.6) is 5.75 Å². The number of carbonyl (C=O) groups excluding carboxylic acids is 1. The molecule has 1 amide bonds. The fourth-order valence-electron chi connectivity index (χ4n) is 2.32. The van der Waals surface area contributed by atoms with Crippen molar-refractivity contribution in [1.82, 2.24) is 20.4 Å². The Hall–Kier alpha value is -3.22. The molecule has 0 atom stereocenters. The number of aryl methyl sites for hydroxylation is 2. The van der Waals surface area contributed by atoms with Crippen molar-refractivity contribution in [3.8, 4) is 17.1 Å². The van der Waals surface area contributed by atoms with Gasteiger partial charge in [-0.15, -0.1) is 0 Å². The first-order chi connectivity index (χ1) is 12.6. The third-order valence-corrected chi connectivity index (χ3v) is 3.77. The maximum absolute atomic E-state index is 11.9. The Morgan fingerprint density at radius 2 is 2.00 bits per heavy atom. The molecule has 3 aromatic rings. The number of rotatable bonds is 7. The topological polar surface area (TPSA) is 90.1 Å². The molecule has 26 heavy (non-hydrogen) atoms. The largest absolute Gasteiger partial charge is 0.493 e. The Kier molecular flexibility index (Phi) is 5.58. The number of carbonyl (C=O) groups is 1. The lowest BCUT2D eigenvalue weighted by molar-refractivity contribution is -0.121. The van der Waals surface area contributed by atoms with Gasteiger partial charge >= 0.3 is 0 Å². The van der Waals surface area contributed by atoms with Crippen molar-refractivity contribution >= 4 is 5.91 Å². The molecule has 0 aliphatic carbocycles. The molecule has 134 valence electrons. The van der Waals surface area contributed by atoms with Crippen LogP contribution < -0.4 is 10.1 Å². The van der Waals surface area contributed by atoms with Gasteiger partial charge in [-0.05, 0) is 43.2 Å². The Bertz CT molecular complexity index is 878. The summed E-state index contributed by atoms with van der Waals surface area (Å²) >= 11 is 0. The summed E-state index contributed by atoms with van der Waals surface area (Å²) in [6.07, 6.45) is 3.56. The standard InChI is InChI=1S/C19H20N4O3/c1-13-3-4-14(2)16(11-13)25-10-7-17(24)21-12-18-22-19(23-26-18)15-5-8-20-9-6-15/h3-6,8-9,11H,7,10,12H2,1-2H3,(H,21,24). The van der Waals surface area contributed by atoms with E-state index < -0.39 is 0 Å². The maximum atomic E-state index is 11.9. The normalized spacial score (nSPS) is 10.5. The van der Waals surface area contributed by atoms with E-state index in [4.69, 9.17) is 9.26 Å². The lowest BCUT2D eigenvalue weighted by atomic mass is 10.1. The van der Waals surface area contributed by atoms with Gasteiger partial charge in [0.15, 0.2) is 0 Å². The van der Waals surface area contributed by atoms with E-state index in [1.165, 1.54) is 0 Å². The number of hydrogen-bond acceptors (Lipinski definition) is 6. The highest BCUT2D eigenvalue weighted by atomic mass is 16.5. The van der Waals surface area contributed by atoms with E-state index >= 15 is 0 Å². The van der Waals surface area contributed by atoms with Crippen molar-refractivity contribution in [2.24, 2.45) is 0 Å². The zero-order valence-corrected chi connectivity index (χ0v) is 14.7. The molecule has 1 N–H and O–H groups in total. The second-order valence-corrected chi connectivity index (χ2v) is 5.89. The van der Waals surface area contributed by atoms with Crippen molar-refractivity contribution in [1.29, 1.82) is 0 Å². The minimum absolute atomic E-state index is 0.140. The van der Waals surface area contributed by atoms with Crippen LogP contribution in [0.1, 0.15) is 23.4 Å². The Labute approximate surface area is 151 Å². The molecular formula is C19H20N4O3. The Morgan fingerprint density at radius 3 is 2.81 bits per heavy atom. The molecule has 3 rings (SSSR count). The third kappa shape index (κ3) is 4.66. The number of nitrogens with zero attached hydrogens (tertiary/aromatic N) is 3. The summed E-state index contributed by atoms with van der Waals surface area (Å²) in [6.45, 7) is 4.47. The van der Waals surface area contributed by atoms with Gasteiger partial charge in [-0.2, -0.15) is 4.98 Å². The van der Waals surface area contributed by atoms with Gasteiger partial charge in [0.05, 0.1) is 19.6 Å². The lowest BCUT2D eigenvalue weighted by Gasteiger charge is -2.09. The number of pyridine rings is 1. The molecule has 7 nitrogen and oxygen atoms in total. The summed E-state index contributed by atoms with van der Waals surface area (Å²) in [6, 6.07) is 9.57. The summed E-state index contributed by atoms with van der Waals surface area (Å²) in [5.74, 6) is 1.48.